The van der Waals surface area contributed by atoms with E-state index >= 15 is 0 Å². The van der Waals surface area contributed by atoms with Gasteiger partial charge in [-0.1, -0.05) is 48.9 Å². The first-order valence-electron chi connectivity index (χ1n) is 8.58. The van der Waals surface area contributed by atoms with Crippen LogP contribution in [-0.2, 0) is 0 Å². The topological polar surface area (TPSA) is 86.9 Å². The van der Waals surface area contributed by atoms with Crippen LogP contribution in [0.5, 0.6) is 0 Å². The minimum atomic E-state index is -0.406. The Morgan fingerprint density at radius 1 is 1.07 bits per heavy atom. The van der Waals surface area contributed by atoms with Gasteiger partial charge in [0, 0.05) is 17.1 Å². The van der Waals surface area contributed by atoms with Gasteiger partial charge in [0.2, 0.25) is 0 Å². The minimum Gasteiger partial charge on any atom is -0.352 e. The first kappa shape index (κ1) is 18.7. The summed E-state index contributed by atoms with van der Waals surface area (Å²) in [4.78, 5) is 24.9. The first-order valence-corrected chi connectivity index (χ1v) is 8.96. The first-order chi connectivity index (χ1) is 13.1. The van der Waals surface area contributed by atoms with E-state index in [1.54, 1.807) is 24.3 Å². The Kier molecular flexibility index (Phi) is 5.88. The molecule has 1 heterocycles. The van der Waals surface area contributed by atoms with Crippen molar-refractivity contribution in [2.45, 2.75) is 13.3 Å². The molecule has 0 unspecified atom stereocenters. The zero-order chi connectivity index (χ0) is 19.2. The summed E-state index contributed by atoms with van der Waals surface area (Å²) in [5, 5.41) is 12.9. The molecular weight excluding hydrogens is 364 g/mol. The Hall–Kier alpha value is -3.12. The number of aromatic nitrogens is 2. The molecule has 0 spiro atoms. The number of benzene rings is 2. The molecule has 0 bridgehead atoms. The van der Waals surface area contributed by atoms with Gasteiger partial charge in [0.05, 0.1) is 16.9 Å². The second-order valence-corrected chi connectivity index (χ2v) is 6.37. The Morgan fingerprint density at radius 3 is 2.59 bits per heavy atom. The molecule has 138 valence electrons. The Balaban J connectivity index is 1.81. The maximum atomic E-state index is 12.6. The zero-order valence-corrected chi connectivity index (χ0v) is 15.5. The van der Waals surface area contributed by atoms with Gasteiger partial charge in [-0.2, -0.15) is 5.10 Å². The third-order valence-electron chi connectivity index (χ3n) is 3.90. The molecule has 0 radical (unpaired) electrons. The average Bonchev–Trinajstić information content (AvgIpc) is 3.17. The number of anilines is 1. The number of nitrogens with zero attached hydrogens (tertiary/aromatic N) is 1. The van der Waals surface area contributed by atoms with Crippen LogP contribution in [0.4, 0.5) is 5.69 Å². The highest BCUT2D eigenvalue weighted by atomic mass is 35.5. The average molecular weight is 383 g/mol. The van der Waals surface area contributed by atoms with Crippen molar-refractivity contribution in [2.75, 3.05) is 11.9 Å². The van der Waals surface area contributed by atoms with Crippen molar-refractivity contribution < 1.29 is 9.59 Å². The summed E-state index contributed by atoms with van der Waals surface area (Å²) in [5.74, 6) is -0.671. The number of aromatic amines is 1. The normalized spacial score (nSPS) is 10.4. The van der Waals surface area contributed by atoms with E-state index < -0.39 is 5.91 Å². The summed E-state index contributed by atoms with van der Waals surface area (Å²) in [6, 6.07) is 15.9. The molecule has 0 aliphatic heterocycles. The Morgan fingerprint density at radius 2 is 1.85 bits per heavy atom. The van der Waals surface area contributed by atoms with Crippen molar-refractivity contribution >= 4 is 29.1 Å². The van der Waals surface area contributed by atoms with Crippen molar-refractivity contribution in [2.24, 2.45) is 0 Å². The third kappa shape index (κ3) is 4.54. The zero-order valence-electron chi connectivity index (χ0n) is 14.8. The maximum absolute atomic E-state index is 12.6. The summed E-state index contributed by atoms with van der Waals surface area (Å²) in [6.07, 6.45) is 0.817. The van der Waals surface area contributed by atoms with E-state index in [2.05, 4.69) is 20.8 Å². The largest absolute Gasteiger partial charge is 0.352 e. The molecule has 0 atom stereocenters. The van der Waals surface area contributed by atoms with Crippen LogP contribution < -0.4 is 10.6 Å². The molecule has 6 nitrogen and oxygen atoms in total. The van der Waals surface area contributed by atoms with E-state index in [0.29, 0.717) is 28.5 Å². The lowest BCUT2D eigenvalue weighted by molar-refractivity contribution is 0.0954. The van der Waals surface area contributed by atoms with Gasteiger partial charge in [-0.05, 0) is 30.7 Å². The van der Waals surface area contributed by atoms with Crippen molar-refractivity contribution in [1.29, 1.82) is 0 Å². The van der Waals surface area contributed by atoms with Gasteiger partial charge in [-0.15, -0.1) is 0 Å². The fourth-order valence-corrected chi connectivity index (χ4v) is 2.71. The fourth-order valence-electron chi connectivity index (χ4n) is 2.54. The van der Waals surface area contributed by atoms with Crippen molar-refractivity contribution in [3.05, 3.63) is 70.9 Å². The van der Waals surface area contributed by atoms with Crippen LogP contribution in [0.25, 0.3) is 11.3 Å². The third-order valence-corrected chi connectivity index (χ3v) is 4.14. The number of amides is 2. The predicted molar refractivity (Wildman–Crippen MR) is 106 cm³/mol. The van der Waals surface area contributed by atoms with E-state index in [0.717, 1.165) is 12.0 Å². The highest BCUT2D eigenvalue weighted by molar-refractivity contribution is 6.31. The van der Waals surface area contributed by atoms with Gasteiger partial charge in [0.25, 0.3) is 11.8 Å². The molecule has 0 aliphatic rings. The molecule has 0 saturated heterocycles. The molecule has 7 heteroatoms. The van der Waals surface area contributed by atoms with Crippen molar-refractivity contribution in [1.82, 2.24) is 15.5 Å². The summed E-state index contributed by atoms with van der Waals surface area (Å²) < 4.78 is 0. The number of H-pyrrole nitrogens is 1. The van der Waals surface area contributed by atoms with Crippen LogP contribution in [0.3, 0.4) is 0 Å². The molecule has 1 aromatic heterocycles. The van der Waals surface area contributed by atoms with Gasteiger partial charge in [0.1, 0.15) is 5.69 Å². The SMILES string of the molecule is CCCNC(=O)c1ccc(Cl)cc1NC(=O)c1cc(-c2ccccc2)n[nH]1. The van der Waals surface area contributed by atoms with Crippen LogP contribution in [0.1, 0.15) is 34.2 Å². The maximum Gasteiger partial charge on any atom is 0.273 e. The van der Waals surface area contributed by atoms with Crippen LogP contribution in [0, 0.1) is 0 Å². The molecule has 2 aromatic carbocycles. The molecule has 2 amide bonds. The summed E-state index contributed by atoms with van der Waals surface area (Å²) >= 11 is 6.04. The predicted octanol–water partition coefficient (Wildman–Crippen LogP) is 4.12. The van der Waals surface area contributed by atoms with Gasteiger partial charge in [-0.25, -0.2) is 0 Å². The van der Waals surface area contributed by atoms with E-state index in [9.17, 15) is 9.59 Å². The standard InChI is InChI=1S/C20H19ClN4O2/c1-2-10-22-19(26)15-9-8-14(21)11-17(15)23-20(27)18-12-16(24-25-18)13-6-4-3-5-7-13/h3-9,11-12H,2,10H2,1H3,(H,22,26)(H,23,27)(H,24,25). The van der Waals surface area contributed by atoms with Crippen molar-refractivity contribution in [3.8, 4) is 11.3 Å². The Labute approximate surface area is 161 Å². The fraction of sp³-hybridized carbons (Fsp3) is 0.150. The highest BCUT2D eigenvalue weighted by Crippen LogP contribution is 2.23. The number of hydrogen-bond donors (Lipinski definition) is 3. The van der Waals surface area contributed by atoms with Gasteiger partial charge in [0.15, 0.2) is 0 Å². The molecule has 27 heavy (non-hydrogen) atoms. The quantitative estimate of drug-likeness (QED) is 0.599. The molecule has 0 aliphatic carbocycles. The lowest BCUT2D eigenvalue weighted by Crippen LogP contribution is -2.26. The van der Waals surface area contributed by atoms with Crippen LogP contribution in [0.15, 0.2) is 54.6 Å². The molecule has 3 N–H and O–H groups in total. The second kappa shape index (κ2) is 8.51. The molecule has 3 rings (SSSR count). The van der Waals surface area contributed by atoms with Gasteiger partial charge in [-0.3, -0.25) is 14.7 Å². The summed E-state index contributed by atoms with van der Waals surface area (Å²) in [6.45, 7) is 2.52. The van der Waals surface area contributed by atoms with E-state index in [1.807, 2.05) is 37.3 Å². The van der Waals surface area contributed by atoms with Crippen LogP contribution in [0.2, 0.25) is 5.02 Å². The number of carbonyl (C=O) groups is 2. The van der Waals surface area contributed by atoms with Crippen molar-refractivity contribution in [3.63, 3.8) is 0 Å². The lowest BCUT2D eigenvalue weighted by Gasteiger charge is -2.11. The van der Waals surface area contributed by atoms with E-state index in [4.69, 9.17) is 11.6 Å². The number of hydrogen-bond acceptors (Lipinski definition) is 3. The monoisotopic (exact) mass is 382 g/mol. The highest BCUT2D eigenvalue weighted by Gasteiger charge is 2.16. The molecular formula is C20H19ClN4O2. The van der Waals surface area contributed by atoms with Gasteiger partial charge < -0.3 is 10.6 Å². The van der Waals surface area contributed by atoms with Crippen LogP contribution in [-0.4, -0.2) is 28.6 Å². The second-order valence-electron chi connectivity index (χ2n) is 5.93. The molecule has 0 fully saturated rings. The molecule has 0 saturated carbocycles. The number of rotatable bonds is 6. The summed E-state index contributed by atoms with van der Waals surface area (Å²) in [5.41, 5.74) is 2.54. The number of halogens is 1. The van der Waals surface area contributed by atoms with Gasteiger partial charge >= 0.3 is 0 Å². The summed E-state index contributed by atoms with van der Waals surface area (Å²) in [7, 11) is 0. The molecule has 3 aromatic rings. The number of nitrogens with one attached hydrogen (secondary N) is 3. The van der Waals surface area contributed by atoms with E-state index in [1.165, 1.54) is 0 Å². The number of carbonyl (C=O) groups excluding carboxylic acids is 2. The smallest absolute Gasteiger partial charge is 0.273 e. The minimum absolute atomic E-state index is 0.265. The van der Waals surface area contributed by atoms with Crippen LogP contribution >= 0.6 is 11.6 Å². The van der Waals surface area contributed by atoms with E-state index in [-0.39, 0.29) is 11.6 Å². The lowest BCUT2D eigenvalue weighted by atomic mass is 10.1. The Bertz CT molecular complexity index is 954.